The van der Waals surface area contributed by atoms with E-state index in [9.17, 15) is 9.59 Å². The van der Waals surface area contributed by atoms with Gasteiger partial charge in [-0.1, -0.05) is 56.7 Å². The lowest BCUT2D eigenvalue weighted by Gasteiger charge is -2.23. The molecule has 3 rings (SSSR count). The van der Waals surface area contributed by atoms with E-state index < -0.39 is 6.04 Å². The highest BCUT2D eigenvalue weighted by Gasteiger charge is 2.26. The first-order valence-corrected chi connectivity index (χ1v) is 9.10. The molecular formula is C22H23N3O2. The van der Waals surface area contributed by atoms with Gasteiger partial charge in [-0.3, -0.25) is 14.6 Å². The number of benzene rings is 2. The van der Waals surface area contributed by atoms with Crippen LogP contribution in [0.2, 0.25) is 0 Å². The standard InChI is InChI=1S/C22H23N3O2/c1-3-15(2)20(25-21(26)16-9-5-4-6-10-16)22(27)24-18-13-17-11-7-8-12-19(17)23-14-18/h4-15,20H,3H2,1-2H3,(H,24,27)(H,25,26)/t15-,20+/m0/s1. The van der Waals surface area contributed by atoms with Gasteiger partial charge in [0, 0.05) is 10.9 Å². The molecule has 2 atom stereocenters. The average molecular weight is 361 g/mol. The Kier molecular flexibility index (Phi) is 5.81. The summed E-state index contributed by atoms with van der Waals surface area (Å²) < 4.78 is 0. The number of nitrogens with zero attached hydrogens (tertiary/aromatic N) is 1. The lowest BCUT2D eigenvalue weighted by atomic mass is 9.97. The summed E-state index contributed by atoms with van der Waals surface area (Å²) in [5, 5.41) is 6.71. The molecule has 27 heavy (non-hydrogen) atoms. The lowest BCUT2D eigenvalue weighted by molar-refractivity contribution is -0.119. The van der Waals surface area contributed by atoms with Gasteiger partial charge in [-0.05, 0) is 30.2 Å². The maximum Gasteiger partial charge on any atom is 0.251 e. The van der Waals surface area contributed by atoms with Crippen molar-refractivity contribution < 1.29 is 9.59 Å². The SMILES string of the molecule is CC[C@H](C)[C@@H](NC(=O)c1ccccc1)C(=O)Nc1cnc2ccccc2c1. The third-order valence-electron chi connectivity index (χ3n) is 4.68. The molecule has 3 aromatic rings. The zero-order valence-corrected chi connectivity index (χ0v) is 15.5. The molecule has 0 spiro atoms. The summed E-state index contributed by atoms with van der Waals surface area (Å²) in [6.07, 6.45) is 2.40. The smallest absolute Gasteiger partial charge is 0.251 e. The number of fused-ring (bicyclic) bond motifs is 1. The van der Waals surface area contributed by atoms with Crippen molar-refractivity contribution in [1.82, 2.24) is 10.3 Å². The fraction of sp³-hybridized carbons (Fsp3) is 0.227. The molecule has 0 radical (unpaired) electrons. The fourth-order valence-electron chi connectivity index (χ4n) is 2.88. The molecule has 5 nitrogen and oxygen atoms in total. The highest BCUT2D eigenvalue weighted by Crippen LogP contribution is 2.17. The second-order valence-electron chi connectivity index (χ2n) is 6.61. The van der Waals surface area contributed by atoms with E-state index in [1.807, 2.05) is 50.2 Å². The van der Waals surface area contributed by atoms with Gasteiger partial charge in [-0.25, -0.2) is 0 Å². The number of anilines is 1. The highest BCUT2D eigenvalue weighted by atomic mass is 16.2. The minimum Gasteiger partial charge on any atom is -0.340 e. The van der Waals surface area contributed by atoms with Crippen LogP contribution in [0.3, 0.4) is 0 Å². The molecule has 5 heteroatoms. The van der Waals surface area contributed by atoms with Gasteiger partial charge < -0.3 is 10.6 Å². The van der Waals surface area contributed by atoms with Crippen LogP contribution in [-0.2, 0) is 4.79 Å². The van der Waals surface area contributed by atoms with Crippen molar-refractivity contribution in [3.05, 3.63) is 72.4 Å². The van der Waals surface area contributed by atoms with Crippen LogP contribution in [0.4, 0.5) is 5.69 Å². The average Bonchev–Trinajstić information content (AvgIpc) is 2.71. The second-order valence-corrected chi connectivity index (χ2v) is 6.61. The Morgan fingerprint density at radius 1 is 1.04 bits per heavy atom. The lowest BCUT2D eigenvalue weighted by Crippen LogP contribution is -2.47. The van der Waals surface area contributed by atoms with Crippen LogP contribution in [0.15, 0.2) is 66.9 Å². The maximum atomic E-state index is 12.9. The predicted octanol–water partition coefficient (Wildman–Crippen LogP) is 4.02. The molecule has 2 amide bonds. The number of para-hydroxylation sites is 1. The van der Waals surface area contributed by atoms with Gasteiger partial charge in [0.2, 0.25) is 5.91 Å². The van der Waals surface area contributed by atoms with E-state index in [1.165, 1.54) is 0 Å². The first kappa shape index (κ1) is 18.6. The molecule has 1 aromatic heterocycles. The number of aromatic nitrogens is 1. The van der Waals surface area contributed by atoms with Gasteiger partial charge in [0.05, 0.1) is 17.4 Å². The Morgan fingerprint density at radius 3 is 2.48 bits per heavy atom. The van der Waals surface area contributed by atoms with Gasteiger partial charge in [0.25, 0.3) is 5.91 Å². The van der Waals surface area contributed by atoms with E-state index in [0.717, 1.165) is 17.3 Å². The number of nitrogens with one attached hydrogen (secondary N) is 2. The number of carbonyl (C=O) groups is 2. The number of carbonyl (C=O) groups excluding carboxylic acids is 2. The molecule has 0 fully saturated rings. The molecule has 2 N–H and O–H groups in total. The Balaban J connectivity index is 1.77. The number of hydrogen-bond acceptors (Lipinski definition) is 3. The molecule has 0 bridgehead atoms. The molecule has 1 heterocycles. The van der Waals surface area contributed by atoms with Crippen LogP contribution in [0.25, 0.3) is 10.9 Å². The predicted molar refractivity (Wildman–Crippen MR) is 108 cm³/mol. The van der Waals surface area contributed by atoms with Crippen molar-refractivity contribution in [2.45, 2.75) is 26.3 Å². The molecule has 2 aromatic carbocycles. The zero-order chi connectivity index (χ0) is 19.2. The van der Waals surface area contributed by atoms with Crippen LogP contribution in [0.5, 0.6) is 0 Å². The van der Waals surface area contributed by atoms with Gasteiger partial charge in [0.15, 0.2) is 0 Å². The number of rotatable bonds is 6. The molecule has 0 saturated heterocycles. The van der Waals surface area contributed by atoms with Crippen molar-refractivity contribution in [1.29, 1.82) is 0 Å². The van der Waals surface area contributed by atoms with Crippen LogP contribution in [0, 0.1) is 5.92 Å². The summed E-state index contributed by atoms with van der Waals surface area (Å²) in [5.74, 6) is -0.510. The number of amides is 2. The van der Waals surface area contributed by atoms with Gasteiger partial charge in [-0.15, -0.1) is 0 Å². The quantitative estimate of drug-likeness (QED) is 0.697. The maximum absolute atomic E-state index is 12.9. The van der Waals surface area contributed by atoms with Crippen molar-refractivity contribution in [3.63, 3.8) is 0 Å². The van der Waals surface area contributed by atoms with Crippen molar-refractivity contribution >= 4 is 28.4 Å². The monoisotopic (exact) mass is 361 g/mol. The van der Waals surface area contributed by atoms with Crippen LogP contribution < -0.4 is 10.6 Å². The van der Waals surface area contributed by atoms with Crippen molar-refractivity contribution in [2.75, 3.05) is 5.32 Å². The Hall–Kier alpha value is -3.21. The molecular weight excluding hydrogens is 338 g/mol. The van der Waals surface area contributed by atoms with Crippen LogP contribution in [-0.4, -0.2) is 22.8 Å². The zero-order valence-electron chi connectivity index (χ0n) is 15.5. The Labute approximate surface area is 158 Å². The van der Waals surface area contributed by atoms with Gasteiger partial charge >= 0.3 is 0 Å². The van der Waals surface area contributed by atoms with Crippen LogP contribution >= 0.6 is 0 Å². The molecule has 0 aliphatic rings. The van der Waals surface area contributed by atoms with Crippen molar-refractivity contribution in [3.8, 4) is 0 Å². The Morgan fingerprint density at radius 2 is 1.74 bits per heavy atom. The first-order valence-electron chi connectivity index (χ1n) is 9.10. The van der Waals surface area contributed by atoms with Crippen LogP contribution in [0.1, 0.15) is 30.6 Å². The number of hydrogen-bond donors (Lipinski definition) is 2. The fourth-order valence-corrected chi connectivity index (χ4v) is 2.88. The minimum atomic E-state index is -0.630. The van der Waals surface area contributed by atoms with Crippen molar-refractivity contribution in [2.24, 2.45) is 5.92 Å². The van der Waals surface area contributed by atoms with E-state index >= 15 is 0 Å². The summed E-state index contributed by atoms with van der Waals surface area (Å²) in [6, 6.07) is 17.9. The molecule has 0 unspecified atom stereocenters. The molecule has 0 aliphatic heterocycles. The Bertz CT molecular complexity index is 940. The summed E-state index contributed by atoms with van der Waals surface area (Å²) >= 11 is 0. The third kappa shape index (κ3) is 4.50. The summed E-state index contributed by atoms with van der Waals surface area (Å²) in [6.45, 7) is 3.95. The topological polar surface area (TPSA) is 71.1 Å². The van der Waals surface area contributed by atoms with Gasteiger partial charge in [-0.2, -0.15) is 0 Å². The molecule has 0 saturated carbocycles. The van der Waals surface area contributed by atoms with E-state index in [2.05, 4.69) is 15.6 Å². The van der Waals surface area contributed by atoms with E-state index in [0.29, 0.717) is 11.3 Å². The van der Waals surface area contributed by atoms with E-state index in [1.54, 1.807) is 30.5 Å². The van der Waals surface area contributed by atoms with Gasteiger partial charge in [0.1, 0.15) is 6.04 Å². The molecule has 138 valence electrons. The van der Waals surface area contributed by atoms with E-state index in [4.69, 9.17) is 0 Å². The summed E-state index contributed by atoms with van der Waals surface area (Å²) in [7, 11) is 0. The number of pyridine rings is 1. The third-order valence-corrected chi connectivity index (χ3v) is 4.68. The summed E-state index contributed by atoms with van der Waals surface area (Å²) in [4.78, 5) is 29.7. The summed E-state index contributed by atoms with van der Waals surface area (Å²) in [5.41, 5.74) is 2.01. The highest BCUT2D eigenvalue weighted by molar-refractivity contribution is 6.01. The van der Waals surface area contributed by atoms with E-state index in [-0.39, 0.29) is 17.7 Å². The first-order chi connectivity index (χ1) is 13.1. The second kappa shape index (κ2) is 8.45. The largest absolute Gasteiger partial charge is 0.340 e. The minimum absolute atomic E-state index is 0.00826. The molecule has 0 aliphatic carbocycles. The normalized spacial score (nSPS) is 13.0.